The van der Waals surface area contributed by atoms with Gasteiger partial charge in [0, 0.05) is 6.54 Å². The lowest BCUT2D eigenvalue weighted by Gasteiger charge is -2.09. The van der Waals surface area contributed by atoms with Gasteiger partial charge in [-0.2, -0.15) is 13.2 Å². The Morgan fingerprint density at radius 1 is 1.50 bits per heavy atom. The van der Waals surface area contributed by atoms with Crippen LogP contribution in [0.3, 0.4) is 0 Å². The second-order valence-electron chi connectivity index (χ2n) is 2.87. The van der Waals surface area contributed by atoms with Crippen molar-refractivity contribution in [2.45, 2.75) is 19.2 Å². The fourth-order valence-corrected chi connectivity index (χ4v) is 0.642. The first-order valence-corrected chi connectivity index (χ1v) is 4.03. The second-order valence-corrected chi connectivity index (χ2v) is 2.87. The van der Waals surface area contributed by atoms with Crippen LogP contribution in [0.5, 0.6) is 0 Å². The number of amides is 1. The van der Waals surface area contributed by atoms with Crippen LogP contribution in [0.25, 0.3) is 0 Å². The highest BCUT2D eigenvalue weighted by Gasteiger charge is 2.26. The average Bonchev–Trinajstić information content (AvgIpc) is 1.98. The maximum Gasteiger partial charge on any atom is 0.401 e. The third kappa shape index (κ3) is 9.27. The molecule has 0 saturated carbocycles. The standard InChI is InChI=1S/C7H13F3N2O2/c1-5(13)2-12-6(14)3-11-4-7(8,9)10/h5,11,13H,2-4H2,1H3,(H,12,14). The van der Waals surface area contributed by atoms with Crippen molar-refractivity contribution >= 4 is 5.91 Å². The zero-order valence-electron chi connectivity index (χ0n) is 7.69. The van der Waals surface area contributed by atoms with Crippen molar-refractivity contribution in [1.82, 2.24) is 10.6 Å². The Bertz CT molecular complexity index is 182. The lowest BCUT2D eigenvalue weighted by Crippen LogP contribution is -2.40. The molecule has 0 spiro atoms. The average molecular weight is 214 g/mol. The maximum atomic E-state index is 11.6. The van der Waals surface area contributed by atoms with Crippen molar-refractivity contribution in [3.63, 3.8) is 0 Å². The quantitative estimate of drug-likeness (QED) is 0.585. The minimum Gasteiger partial charge on any atom is -0.392 e. The zero-order valence-corrected chi connectivity index (χ0v) is 7.69. The first-order chi connectivity index (χ1) is 6.31. The number of aliphatic hydroxyl groups excluding tert-OH is 1. The van der Waals surface area contributed by atoms with Crippen molar-refractivity contribution in [2.75, 3.05) is 19.6 Å². The summed E-state index contributed by atoms with van der Waals surface area (Å²) in [5, 5.41) is 12.9. The Balaban J connectivity index is 3.46. The number of alkyl halides is 3. The molecule has 4 nitrogen and oxygen atoms in total. The molecule has 0 bridgehead atoms. The molecule has 0 heterocycles. The fourth-order valence-electron chi connectivity index (χ4n) is 0.642. The van der Waals surface area contributed by atoms with Gasteiger partial charge in [-0.15, -0.1) is 0 Å². The normalized spacial score (nSPS) is 13.8. The monoisotopic (exact) mass is 214 g/mol. The molecule has 0 aromatic carbocycles. The maximum absolute atomic E-state index is 11.6. The minimum absolute atomic E-state index is 0.0343. The molecule has 0 aliphatic rings. The molecule has 1 amide bonds. The Morgan fingerprint density at radius 3 is 2.50 bits per heavy atom. The largest absolute Gasteiger partial charge is 0.401 e. The summed E-state index contributed by atoms with van der Waals surface area (Å²) in [5.74, 6) is -0.574. The van der Waals surface area contributed by atoms with Crippen LogP contribution < -0.4 is 10.6 Å². The highest BCUT2D eigenvalue weighted by molar-refractivity contribution is 5.77. The summed E-state index contributed by atoms with van der Waals surface area (Å²) in [4.78, 5) is 10.8. The third-order valence-electron chi connectivity index (χ3n) is 1.21. The minimum atomic E-state index is -4.31. The van der Waals surface area contributed by atoms with E-state index in [-0.39, 0.29) is 6.54 Å². The van der Waals surface area contributed by atoms with Crippen molar-refractivity contribution in [3.05, 3.63) is 0 Å². The van der Waals surface area contributed by atoms with Crippen LogP contribution in [-0.4, -0.2) is 42.9 Å². The van der Waals surface area contributed by atoms with E-state index >= 15 is 0 Å². The fraction of sp³-hybridized carbons (Fsp3) is 0.857. The van der Waals surface area contributed by atoms with Gasteiger partial charge in [0.05, 0.1) is 19.2 Å². The molecular formula is C7H13F3N2O2. The lowest BCUT2D eigenvalue weighted by molar-refractivity contribution is -0.128. The molecule has 1 atom stereocenters. The predicted octanol–water partition coefficient (Wildman–Crippen LogP) is -0.365. The van der Waals surface area contributed by atoms with Gasteiger partial charge in [-0.25, -0.2) is 0 Å². The zero-order chi connectivity index (χ0) is 11.2. The summed E-state index contributed by atoms with van der Waals surface area (Å²) in [6.07, 6.45) is -5.02. The number of nitrogens with one attached hydrogen (secondary N) is 2. The Hall–Kier alpha value is -0.820. The molecule has 0 radical (unpaired) electrons. The Labute approximate surface area is 79.5 Å². The van der Waals surface area contributed by atoms with Crippen molar-refractivity contribution in [2.24, 2.45) is 0 Å². The van der Waals surface area contributed by atoms with E-state index in [0.29, 0.717) is 0 Å². The highest BCUT2D eigenvalue weighted by Crippen LogP contribution is 2.11. The smallest absolute Gasteiger partial charge is 0.392 e. The molecule has 14 heavy (non-hydrogen) atoms. The number of halogens is 3. The van der Waals surface area contributed by atoms with Crippen LogP contribution in [0.4, 0.5) is 13.2 Å². The lowest BCUT2D eigenvalue weighted by atomic mass is 10.4. The van der Waals surface area contributed by atoms with E-state index in [1.54, 1.807) is 0 Å². The number of hydrogen-bond donors (Lipinski definition) is 3. The van der Waals surface area contributed by atoms with Crippen molar-refractivity contribution in [3.8, 4) is 0 Å². The van der Waals surface area contributed by atoms with E-state index in [0.717, 1.165) is 0 Å². The number of carbonyl (C=O) groups is 1. The third-order valence-corrected chi connectivity index (χ3v) is 1.21. The summed E-state index contributed by atoms with van der Waals surface area (Å²) >= 11 is 0. The number of hydrogen-bond acceptors (Lipinski definition) is 3. The van der Waals surface area contributed by atoms with Crippen LogP contribution in [0.1, 0.15) is 6.92 Å². The van der Waals surface area contributed by atoms with Crippen LogP contribution in [0.2, 0.25) is 0 Å². The molecule has 0 aliphatic heterocycles. The van der Waals surface area contributed by atoms with Gasteiger partial charge in [0.25, 0.3) is 0 Å². The number of carbonyl (C=O) groups excluding carboxylic acids is 1. The highest BCUT2D eigenvalue weighted by atomic mass is 19.4. The molecule has 0 fully saturated rings. The van der Waals surface area contributed by atoms with Crippen LogP contribution >= 0.6 is 0 Å². The Morgan fingerprint density at radius 2 is 2.07 bits per heavy atom. The molecule has 0 aliphatic carbocycles. The van der Waals surface area contributed by atoms with Crippen molar-refractivity contribution in [1.29, 1.82) is 0 Å². The van der Waals surface area contributed by atoms with E-state index < -0.39 is 31.3 Å². The second kappa shape index (κ2) is 5.82. The van der Waals surface area contributed by atoms with Crippen LogP contribution in [0.15, 0.2) is 0 Å². The Kier molecular flexibility index (Phi) is 5.47. The molecule has 84 valence electrons. The van der Waals surface area contributed by atoms with E-state index in [1.807, 2.05) is 5.32 Å². The predicted molar refractivity (Wildman–Crippen MR) is 43.6 cm³/mol. The van der Waals surface area contributed by atoms with Gasteiger partial charge in [-0.05, 0) is 6.92 Å². The SMILES string of the molecule is CC(O)CNC(=O)CNCC(F)(F)F. The van der Waals surface area contributed by atoms with E-state index in [2.05, 4.69) is 5.32 Å². The van der Waals surface area contributed by atoms with Gasteiger partial charge in [-0.3, -0.25) is 4.79 Å². The molecule has 0 rings (SSSR count). The topological polar surface area (TPSA) is 61.4 Å². The van der Waals surface area contributed by atoms with Gasteiger partial charge in [0.15, 0.2) is 0 Å². The summed E-state index contributed by atoms with van der Waals surface area (Å²) in [7, 11) is 0. The molecular weight excluding hydrogens is 201 g/mol. The van der Waals surface area contributed by atoms with E-state index in [1.165, 1.54) is 6.92 Å². The van der Waals surface area contributed by atoms with Gasteiger partial charge in [0.2, 0.25) is 5.91 Å². The van der Waals surface area contributed by atoms with Gasteiger partial charge < -0.3 is 15.7 Å². The summed E-state index contributed by atoms with van der Waals surface area (Å²) in [5.41, 5.74) is 0. The molecule has 7 heteroatoms. The molecule has 0 aromatic rings. The van der Waals surface area contributed by atoms with Gasteiger partial charge >= 0.3 is 6.18 Å². The first kappa shape index (κ1) is 13.2. The number of rotatable bonds is 5. The van der Waals surface area contributed by atoms with Crippen LogP contribution in [-0.2, 0) is 4.79 Å². The molecule has 0 saturated heterocycles. The summed E-state index contributed by atoms with van der Waals surface area (Å²) in [6, 6.07) is 0. The van der Waals surface area contributed by atoms with E-state index in [4.69, 9.17) is 5.11 Å². The summed E-state index contributed by atoms with van der Waals surface area (Å²) < 4.78 is 34.8. The first-order valence-electron chi connectivity index (χ1n) is 4.03. The van der Waals surface area contributed by atoms with Gasteiger partial charge in [0.1, 0.15) is 0 Å². The van der Waals surface area contributed by atoms with Gasteiger partial charge in [-0.1, -0.05) is 0 Å². The molecule has 0 aromatic heterocycles. The number of aliphatic hydroxyl groups is 1. The summed E-state index contributed by atoms with van der Waals surface area (Å²) in [6.45, 7) is -0.114. The molecule has 1 unspecified atom stereocenters. The molecule has 3 N–H and O–H groups in total. The van der Waals surface area contributed by atoms with Crippen LogP contribution in [0, 0.1) is 0 Å². The van der Waals surface area contributed by atoms with Crippen molar-refractivity contribution < 1.29 is 23.1 Å². The van der Waals surface area contributed by atoms with E-state index in [9.17, 15) is 18.0 Å².